The van der Waals surface area contributed by atoms with Crippen LogP contribution in [0.4, 0.5) is 5.69 Å². The summed E-state index contributed by atoms with van der Waals surface area (Å²) < 4.78 is 0. The molecule has 32 heavy (non-hydrogen) atoms. The number of amides is 1. The highest BCUT2D eigenvalue weighted by atomic mass is 16.3. The van der Waals surface area contributed by atoms with Crippen LogP contribution < -0.4 is 10.6 Å². The first-order chi connectivity index (χ1) is 15.5. The van der Waals surface area contributed by atoms with Crippen LogP contribution in [0.2, 0.25) is 0 Å². The second-order valence-corrected chi connectivity index (χ2v) is 8.57. The Morgan fingerprint density at radius 3 is 2.59 bits per heavy atom. The number of carbonyl (C=O) groups is 1. The number of rotatable bonds is 6. The highest BCUT2D eigenvalue weighted by Crippen LogP contribution is 2.26. The Kier molecular flexibility index (Phi) is 6.81. The largest absolute Gasteiger partial charge is 0.391 e. The molecule has 1 aliphatic carbocycles. The number of carbonyl (C=O) groups excluding carboxylic acids is 1. The van der Waals surface area contributed by atoms with Gasteiger partial charge < -0.3 is 15.7 Å². The van der Waals surface area contributed by atoms with Crippen molar-refractivity contribution in [3.63, 3.8) is 0 Å². The van der Waals surface area contributed by atoms with Crippen molar-refractivity contribution in [2.24, 2.45) is 0 Å². The summed E-state index contributed by atoms with van der Waals surface area (Å²) in [5, 5.41) is 16.7. The predicted molar refractivity (Wildman–Crippen MR) is 126 cm³/mol. The van der Waals surface area contributed by atoms with Crippen molar-refractivity contribution in [1.29, 1.82) is 0 Å². The van der Waals surface area contributed by atoms with Gasteiger partial charge in [-0.15, -0.1) is 0 Å². The molecule has 0 spiro atoms. The Hall–Kier alpha value is -3.25. The molecule has 3 atom stereocenters. The molecule has 3 aromatic rings. The zero-order valence-corrected chi connectivity index (χ0v) is 18.6. The topological polar surface area (TPSA) is 87.1 Å². The Balaban J connectivity index is 1.49. The summed E-state index contributed by atoms with van der Waals surface area (Å²) in [6.07, 6.45) is 10.4. The summed E-state index contributed by atoms with van der Waals surface area (Å²) in [5.74, 6) is -0.145. The van der Waals surface area contributed by atoms with Crippen molar-refractivity contribution < 1.29 is 9.90 Å². The second-order valence-electron chi connectivity index (χ2n) is 8.57. The lowest BCUT2D eigenvalue weighted by Crippen LogP contribution is -2.45. The number of hydrogen-bond acceptors (Lipinski definition) is 5. The van der Waals surface area contributed by atoms with Crippen LogP contribution in [0.25, 0.3) is 11.1 Å². The van der Waals surface area contributed by atoms with Crippen LogP contribution in [0.5, 0.6) is 0 Å². The standard InChI is InChI=1S/C26H30N4O2/c1-17-7-8-20(26(32)30-23-5-3-4-6-25(23)31)14-24(17)29-18(2)21-13-22(16-28-15-21)19-9-11-27-12-10-19/h7-16,18,23,25,29,31H,3-6H2,1-2H3,(H,30,32)/t18-,23-,25-/m0/s1. The highest BCUT2D eigenvalue weighted by molar-refractivity contribution is 5.95. The number of nitrogens with one attached hydrogen (secondary N) is 2. The van der Waals surface area contributed by atoms with E-state index in [9.17, 15) is 9.90 Å². The van der Waals surface area contributed by atoms with Gasteiger partial charge in [0.15, 0.2) is 0 Å². The van der Waals surface area contributed by atoms with Crippen LogP contribution in [0.3, 0.4) is 0 Å². The molecule has 1 saturated carbocycles. The molecular weight excluding hydrogens is 400 g/mol. The molecule has 6 nitrogen and oxygen atoms in total. The van der Waals surface area contributed by atoms with Gasteiger partial charge in [-0.05, 0) is 73.7 Å². The van der Waals surface area contributed by atoms with Gasteiger partial charge in [0.25, 0.3) is 5.91 Å². The fraction of sp³-hybridized carbons (Fsp3) is 0.346. The second kappa shape index (κ2) is 9.92. The number of aromatic nitrogens is 2. The molecule has 0 radical (unpaired) electrons. The van der Waals surface area contributed by atoms with E-state index in [2.05, 4.69) is 33.6 Å². The SMILES string of the molecule is Cc1ccc(C(=O)N[C@H]2CCCC[C@@H]2O)cc1N[C@@H](C)c1cncc(-c2ccncc2)c1. The maximum absolute atomic E-state index is 12.8. The van der Waals surface area contributed by atoms with Crippen molar-refractivity contribution in [2.75, 3.05) is 5.32 Å². The number of pyridine rings is 2. The van der Waals surface area contributed by atoms with Gasteiger partial charge in [-0.1, -0.05) is 18.9 Å². The van der Waals surface area contributed by atoms with Gasteiger partial charge >= 0.3 is 0 Å². The number of aryl methyl sites for hydroxylation is 1. The van der Waals surface area contributed by atoms with Crippen LogP contribution in [0.1, 0.15) is 60.1 Å². The summed E-state index contributed by atoms with van der Waals surface area (Å²) in [5.41, 5.74) is 5.72. The molecule has 0 aliphatic heterocycles. The van der Waals surface area contributed by atoms with Crippen molar-refractivity contribution in [1.82, 2.24) is 15.3 Å². The minimum atomic E-state index is -0.462. The van der Waals surface area contributed by atoms with Gasteiger partial charge in [0, 0.05) is 41.6 Å². The smallest absolute Gasteiger partial charge is 0.251 e. The van der Waals surface area contributed by atoms with E-state index >= 15 is 0 Å². The number of anilines is 1. The fourth-order valence-corrected chi connectivity index (χ4v) is 4.16. The van der Waals surface area contributed by atoms with Gasteiger partial charge in [-0.2, -0.15) is 0 Å². The van der Waals surface area contributed by atoms with Crippen molar-refractivity contribution in [2.45, 2.75) is 57.7 Å². The molecule has 2 aromatic heterocycles. The van der Waals surface area contributed by atoms with Gasteiger partial charge in [-0.25, -0.2) is 0 Å². The van der Waals surface area contributed by atoms with Crippen LogP contribution in [0, 0.1) is 6.92 Å². The molecule has 6 heteroatoms. The average Bonchev–Trinajstić information content (AvgIpc) is 2.82. The minimum Gasteiger partial charge on any atom is -0.391 e. The minimum absolute atomic E-state index is 0.00136. The van der Waals surface area contributed by atoms with E-state index in [0.29, 0.717) is 5.56 Å². The molecule has 0 saturated heterocycles. The van der Waals surface area contributed by atoms with E-state index in [1.165, 1.54) is 0 Å². The maximum Gasteiger partial charge on any atom is 0.251 e. The van der Waals surface area contributed by atoms with E-state index in [4.69, 9.17) is 0 Å². The molecule has 4 rings (SSSR count). The Labute approximate surface area is 189 Å². The first-order valence-corrected chi connectivity index (χ1v) is 11.2. The number of hydrogen-bond donors (Lipinski definition) is 3. The maximum atomic E-state index is 12.8. The van der Waals surface area contributed by atoms with E-state index in [-0.39, 0.29) is 18.0 Å². The zero-order chi connectivity index (χ0) is 22.5. The summed E-state index contributed by atoms with van der Waals surface area (Å²) in [6, 6.07) is 11.6. The van der Waals surface area contributed by atoms with Crippen LogP contribution in [-0.2, 0) is 0 Å². The van der Waals surface area contributed by atoms with Crippen LogP contribution >= 0.6 is 0 Å². The summed E-state index contributed by atoms with van der Waals surface area (Å²) in [4.78, 5) is 21.3. The molecule has 2 heterocycles. The fourth-order valence-electron chi connectivity index (χ4n) is 4.16. The van der Waals surface area contributed by atoms with E-state index in [1.807, 2.05) is 49.6 Å². The molecule has 0 unspecified atom stereocenters. The number of aliphatic hydroxyl groups excluding tert-OH is 1. The molecule has 1 aliphatic rings. The number of benzene rings is 1. The molecule has 1 aromatic carbocycles. The third-order valence-corrected chi connectivity index (χ3v) is 6.19. The lowest BCUT2D eigenvalue weighted by atomic mass is 9.92. The van der Waals surface area contributed by atoms with Crippen molar-refractivity contribution >= 4 is 11.6 Å². The molecule has 3 N–H and O–H groups in total. The molecule has 1 amide bonds. The van der Waals surface area contributed by atoms with Gasteiger partial charge in [-0.3, -0.25) is 14.8 Å². The summed E-state index contributed by atoms with van der Waals surface area (Å²) in [7, 11) is 0. The third-order valence-electron chi connectivity index (χ3n) is 6.19. The van der Waals surface area contributed by atoms with E-state index in [1.54, 1.807) is 12.4 Å². The zero-order valence-electron chi connectivity index (χ0n) is 18.6. The molecule has 0 bridgehead atoms. The average molecular weight is 431 g/mol. The summed E-state index contributed by atoms with van der Waals surface area (Å²) >= 11 is 0. The Morgan fingerprint density at radius 1 is 1.03 bits per heavy atom. The monoisotopic (exact) mass is 430 g/mol. The third kappa shape index (κ3) is 5.14. The Bertz CT molecular complexity index is 1070. The molecular formula is C26H30N4O2. The van der Waals surface area contributed by atoms with Gasteiger partial charge in [0.05, 0.1) is 18.2 Å². The lowest BCUT2D eigenvalue weighted by Gasteiger charge is -2.28. The van der Waals surface area contributed by atoms with Gasteiger partial charge in [0.2, 0.25) is 0 Å². The molecule has 1 fully saturated rings. The predicted octanol–water partition coefficient (Wildman–Crippen LogP) is 4.66. The van der Waals surface area contributed by atoms with Crippen molar-refractivity contribution in [3.05, 3.63) is 77.9 Å². The Morgan fingerprint density at radius 2 is 1.81 bits per heavy atom. The molecule has 166 valence electrons. The van der Waals surface area contributed by atoms with Crippen LogP contribution in [-0.4, -0.2) is 33.1 Å². The number of aliphatic hydroxyl groups is 1. The first kappa shape index (κ1) is 22.0. The normalized spacial score (nSPS) is 19.2. The van der Waals surface area contributed by atoms with E-state index < -0.39 is 6.10 Å². The first-order valence-electron chi connectivity index (χ1n) is 11.2. The van der Waals surface area contributed by atoms with Gasteiger partial charge in [0.1, 0.15) is 0 Å². The summed E-state index contributed by atoms with van der Waals surface area (Å²) in [6.45, 7) is 4.10. The van der Waals surface area contributed by atoms with Crippen LogP contribution in [0.15, 0.2) is 61.2 Å². The number of nitrogens with zero attached hydrogens (tertiary/aromatic N) is 2. The van der Waals surface area contributed by atoms with E-state index in [0.717, 1.165) is 53.6 Å². The quantitative estimate of drug-likeness (QED) is 0.529. The lowest BCUT2D eigenvalue weighted by molar-refractivity contribution is 0.0717. The van der Waals surface area contributed by atoms with Crippen molar-refractivity contribution in [3.8, 4) is 11.1 Å². The highest BCUT2D eigenvalue weighted by Gasteiger charge is 2.25.